The minimum atomic E-state index is 0.135. The standard InChI is InChI=1S/C35H44N6O/c1-26-38-32-13-7-8-14-33(32)41(26)30-23-28-15-16-29(24-30)40(28)22-19-35(27-9-3-2-4-10-27)17-20-39(21-18-35)34(37-25-36)42-31-11-5-6-12-31/h2-4,7-10,13-14,28-31H,5-6,11-12,15-24H2,1H3/b37-34-. The van der Waals surface area contributed by atoms with Crippen LogP contribution in [-0.2, 0) is 10.2 Å². The predicted octanol–water partition coefficient (Wildman–Crippen LogP) is 6.73. The van der Waals surface area contributed by atoms with Gasteiger partial charge in [-0.2, -0.15) is 5.26 Å². The summed E-state index contributed by atoms with van der Waals surface area (Å²) in [6.07, 6.45) is 15.1. The normalized spacial score (nSPS) is 26.5. The first-order valence-corrected chi connectivity index (χ1v) is 16.3. The summed E-state index contributed by atoms with van der Waals surface area (Å²) in [5.74, 6) is 1.15. The number of rotatable bonds is 6. The number of fused-ring (bicyclic) bond motifs is 3. The Morgan fingerprint density at radius 3 is 2.36 bits per heavy atom. The molecule has 0 spiro atoms. The summed E-state index contributed by atoms with van der Waals surface area (Å²) in [6, 6.07) is 22.2. The Morgan fingerprint density at radius 2 is 1.64 bits per heavy atom. The molecule has 0 amide bonds. The fourth-order valence-corrected chi connectivity index (χ4v) is 8.76. The number of amidine groups is 1. The van der Waals surface area contributed by atoms with Crippen molar-refractivity contribution in [3.63, 3.8) is 0 Å². The third-order valence-corrected chi connectivity index (χ3v) is 10.9. The second-order valence-corrected chi connectivity index (χ2v) is 13.2. The van der Waals surface area contributed by atoms with Crippen LogP contribution in [0.15, 0.2) is 59.6 Å². The molecule has 42 heavy (non-hydrogen) atoms. The van der Waals surface area contributed by atoms with Gasteiger partial charge in [-0.1, -0.05) is 42.5 Å². The molecule has 1 aliphatic carbocycles. The molecule has 1 saturated carbocycles. The maximum absolute atomic E-state index is 9.40. The van der Waals surface area contributed by atoms with Gasteiger partial charge in [-0.3, -0.25) is 4.90 Å². The Labute approximate surface area is 250 Å². The van der Waals surface area contributed by atoms with Gasteiger partial charge in [0.25, 0.3) is 0 Å². The first kappa shape index (κ1) is 27.5. The fourth-order valence-electron chi connectivity index (χ4n) is 8.76. The number of para-hydroxylation sites is 2. The number of nitrogens with zero attached hydrogens (tertiary/aromatic N) is 6. The largest absolute Gasteiger partial charge is 0.461 e. The molecule has 2 aromatic carbocycles. The van der Waals surface area contributed by atoms with Crippen LogP contribution in [0.2, 0.25) is 0 Å². The van der Waals surface area contributed by atoms with Crippen molar-refractivity contribution < 1.29 is 4.74 Å². The average Bonchev–Trinajstić information content (AvgIpc) is 3.72. The van der Waals surface area contributed by atoms with Crippen LogP contribution in [0.1, 0.15) is 88.1 Å². The van der Waals surface area contributed by atoms with Gasteiger partial charge in [0.15, 0.2) is 0 Å². The molecule has 220 valence electrons. The van der Waals surface area contributed by atoms with Crippen molar-refractivity contribution in [1.29, 1.82) is 5.26 Å². The molecule has 1 aromatic heterocycles. The molecule has 0 radical (unpaired) electrons. The van der Waals surface area contributed by atoms with E-state index in [-0.39, 0.29) is 11.5 Å². The summed E-state index contributed by atoms with van der Waals surface area (Å²) >= 11 is 0. The van der Waals surface area contributed by atoms with Crippen molar-refractivity contribution in [2.45, 2.75) is 107 Å². The number of aliphatic imine (C=N–C) groups is 1. The first-order chi connectivity index (χ1) is 20.6. The van der Waals surface area contributed by atoms with Crippen molar-refractivity contribution in [1.82, 2.24) is 19.4 Å². The van der Waals surface area contributed by atoms with Crippen LogP contribution >= 0.6 is 0 Å². The maximum Gasteiger partial charge on any atom is 0.303 e. The van der Waals surface area contributed by atoms with Crippen LogP contribution in [0.25, 0.3) is 11.0 Å². The Morgan fingerprint density at radius 1 is 0.952 bits per heavy atom. The van der Waals surface area contributed by atoms with Gasteiger partial charge in [0.05, 0.1) is 11.0 Å². The topological polar surface area (TPSA) is 69.7 Å². The molecule has 7 rings (SSSR count). The van der Waals surface area contributed by atoms with Gasteiger partial charge in [-0.05, 0) is 107 Å². The van der Waals surface area contributed by atoms with E-state index in [9.17, 15) is 5.26 Å². The number of hydrogen-bond donors (Lipinski definition) is 0. The number of nitriles is 1. The highest BCUT2D eigenvalue weighted by atomic mass is 16.5. The molecule has 3 aliphatic heterocycles. The predicted molar refractivity (Wildman–Crippen MR) is 166 cm³/mol. The number of imidazole rings is 1. The van der Waals surface area contributed by atoms with Crippen LogP contribution in [0.3, 0.4) is 0 Å². The van der Waals surface area contributed by atoms with E-state index in [4.69, 9.17) is 9.72 Å². The van der Waals surface area contributed by atoms with Gasteiger partial charge < -0.3 is 14.2 Å². The van der Waals surface area contributed by atoms with E-state index in [1.165, 1.54) is 56.0 Å². The monoisotopic (exact) mass is 564 g/mol. The van der Waals surface area contributed by atoms with E-state index in [0.717, 1.165) is 56.7 Å². The number of ether oxygens (including phenoxy) is 1. The van der Waals surface area contributed by atoms with Crippen LogP contribution in [0.4, 0.5) is 0 Å². The highest BCUT2D eigenvalue weighted by Gasteiger charge is 2.44. The zero-order chi connectivity index (χ0) is 28.5. The highest BCUT2D eigenvalue weighted by Crippen LogP contribution is 2.45. The van der Waals surface area contributed by atoms with Gasteiger partial charge in [0, 0.05) is 31.2 Å². The molecule has 2 bridgehead atoms. The number of piperidine rings is 2. The van der Waals surface area contributed by atoms with Crippen molar-refractivity contribution in [3.05, 3.63) is 66.0 Å². The van der Waals surface area contributed by atoms with Gasteiger partial charge in [-0.25, -0.2) is 4.98 Å². The molecule has 2 atom stereocenters. The summed E-state index contributed by atoms with van der Waals surface area (Å²) in [5.41, 5.74) is 4.01. The molecular formula is C35H44N6O. The number of likely N-dealkylation sites (tertiary alicyclic amines) is 1. The summed E-state index contributed by atoms with van der Waals surface area (Å²) in [5, 5.41) is 9.40. The minimum absolute atomic E-state index is 0.135. The van der Waals surface area contributed by atoms with Gasteiger partial charge in [0.2, 0.25) is 6.19 Å². The molecular weight excluding hydrogens is 520 g/mol. The molecule has 4 aliphatic rings. The number of aromatic nitrogens is 2. The van der Waals surface area contributed by atoms with Gasteiger partial charge in [-0.15, -0.1) is 4.99 Å². The minimum Gasteiger partial charge on any atom is -0.461 e. The molecule has 7 nitrogen and oxygen atoms in total. The lowest BCUT2D eigenvalue weighted by molar-refractivity contribution is 0.0836. The van der Waals surface area contributed by atoms with Crippen LogP contribution in [0.5, 0.6) is 0 Å². The van der Waals surface area contributed by atoms with Gasteiger partial charge >= 0.3 is 6.02 Å². The molecule has 4 heterocycles. The molecule has 2 unspecified atom stereocenters. The van der Waals surface area contributed by atoms with Crippen LogP contribution in [-0.4, -0.2) is 63.2 Å². The van der Waals surface area contributed by atoms with Crippen molar-refractivity contribution >= 4 is 17.1 Å². The molecule has 0 N–H and O–H groups in total. The third-order valence-electron chi connectivity index (χ3n) is 10.9. The molecule has 3 aromatic rings. The Bertz CT molecular complexity index is 1430. The quantitative estimate of drug-likeness (QED) is 0.189. The average molecular weight is 565 g/mol. The molecule has 3 saturated heterocycles. The third kappa shape index (κ3) is 5.19. The molecule has 4 fully saturated rings. The lowest BCUT2D eigenvalue weighted by Crippen LogP contribution is -2.49. The van der Waals surface area contributed by atoms with Crippen molar-refractivity contribution in [3.8, 4) is 6.19 Å². The number of benzene rings is 2. The number of hydrogen-bond acceptors (Lipinski definition) is 5. The van der Waals surface area contributed by atoms with Crippen molar-refractivity contribution in [2.75, 3.05) is 19.6 Å². The van der Waals surface area contributed by atoms with E-state index in [0.29, 0.717) is 24.1 Å². The van der Waals surface area contributed by atoms with E-state index < -0.39 is 0 Å². The molecule has 7 heteroatoms. The van der Waals surface area contributed by atoms with Crippen LogP contribution < -0.4 is 0 Å². The van der Waals surface area contributed by atoms with Crippen LogP contribution in [0, 0.1) is 18.4 Å². The van der Waals surface area contributed by atoms with E-state index in [2.05, 4.69) is 80.9 Å². The summed E-state index contributed by atoms with van der Waals surface area (Å²) < 4.78 is 8.81. The lowest BCUT2D eigenvalue weighted by atomic mass is 9.70. The van der Waals surface area contributed by atoms with E-state index in [1.54, 1.807) is 0 Å². The highest BCUT2D eigenvalue weighted by molar-refractivity contribution is 5.76. The first-order valence-electron chi connectivity index (χ1n) is 16.3. The SMILES string of the molecule is Cc1nc2ccccc2n1C1CC2CCC(C1)N2CCC1(c2ccccc2)CCN(/C(=N/C#N)OC2CCCC2)CC1. The van der Waals surface area contributed by atoms with E-state index >= 15 is 0 Å². The maximum atomic E-state index is 9.40. The Kier molecular flexibility index (Phi) is 7.66. The smallest absolute Gasteiger partial charge is 0.303 e. The van der Waals surface area contributed by atoms with Gasteiger partial charge in [0.1, 0.15) is 11.9 Å². The zero-order valence-corrected chi connectivity index (χ0v) is 25.0. The number of aryl methyl sites for hydroxylation is 1. The second-order valence-electron chi connectivity index (χ2n) is 13.2. The second kappa shape index (κ2) is 11.7. The zero-order valence-electron chi connectivity index (χ0n) is 25.0. The fraction of sp³-hybridized carbons (Fsp3) is 0.571. The summed E-state index contributed by atoms with van der Waals surface area (Å²) in [6.45, 7) is 5.09. The van der Waals surface area contributed by atoms with E-state index in [1.807, 2.05) is 6.19 Å². The summed E-state index contributed by atoms with van der Waals surface area (Å²) in [7, 11) is 0. The van der Waals surface area contributed by atoms with Crippen molar-refractivity contribution in [2.24, 2.45) is 4.99 Å². The lowest BCUT2D eigenvalue weighted by Gasteiger charge is -2.46. The Balaban J connectivity index is 1.05. The Hall–Kier alpha value is -3.37. The summed E-state index contributed by atoms with van der Waals surface area (Å²) in [4.78, 5) is 14.1.